The first kappa shape index (κ1) is 23.5. The molecule has 0 aliphatic heterocycles. The molecule has 0 radical (unpaired) electrons. The summed E-state index contributed by atoms with van der Waals surface area (Å²) in [6, 6.07) is 15.8. The van der Waals surface area contributed by atoms with Crippen LogP contribution < -0.4 is 10.0 Å². The Morgan fingerprint density at radius 2 is 1.72 bits per heavy atom. The SMILES string of the molecule is O=C(COC(=O)c1ccc(S(=O)(=O)NCc2ccco2)cc1)NCCc1ccc(Cl)cc1. The standard InChI is InChI=1S/C22H21ClN2O6S/c23-18-7-3-16(4-8-18)11-12-24-21(26)15-31-22(27)17-5-9-20(10-6-17)32(28,29)25-14-19-2-1-13-30-19/h1-10,13,25H,11-12,14-15H2,(H,24,26). The van der Waals surface area contributed by atoms with Gasteiger partial charge in [-0.1, -0.05) is 23.7 Å². The van der Waals surface area contributed by atoms with Crippen LogP contribution in [-0.2, 0) is 32.5 Å². The maximum Gasteiger partial charge on any atom is 0.338 e. The minimum absolute atomic E-state index is 0.00621. The van der Waals surface area contributed by atoms with Crippen LogP contribution in [0.3, 0.4) is 0 Å². The van der Waals surface area contributed by atoms with Gasteiger partial charge in [0.1, 0.15) is 5.76 Å². The Morgan fingerprint density at radius 3 is 2.38 bits per heavy atom. The lowest BCUT2D eigenvalue weighted by atomic mass is 10.1. The molecule has 0 aliphatic carbocycles. The quantitative estimate of drug-likeness (QED) is 0.435. The Bertz CT molecular complexity index is 1140. The van der Waals surface area contributed by atoms with E-state index in [9.17, 15) is 18.0 Å². The summed E-state index contributed by atoms with van der Waals surface area (Å²) in [5.41, 5.74) is 1.14. The van der Waals surface area contributed by atoms with Gasteiger partial charge in [-0.3, -0.25) is 4.79 Å². The summed E-state index contributed by atoms with van der Waals surface area (Å²) < 4.78 is 37.1. The first-order valence-electron chi connectivity index (χ1n) is 9.64. The highest BCUT2D eigenvalue weighted by Crippen LogP contribution is 2.13. The number of hydrogen-bond acceptors (Lipinski definition) is 6. The van der Waals surface area contributed by atoms with Crippen molar-refractivity contribution in [3.05, 3.63) is 88.8 Å². The van der Waals surface area contributed by atoms with E-state index in [1.807, 2.05) is 12.1 Å². The first-order valence-corrected chi connectivity index (χ1v) is 11.5. The van der Waals surface area contributed by atoms with Crippen molar-refractivity contribution in [2.45, 2.75) is 17.9 Å². The van der Waals surface area contributed by atoms with Crippen LogP contribution in [0.15, 0.2) is 76.2 Å². The fourth-order valence-electron chi connectivity index (χ4n) is 2.70. The molecule has 3 rings (SSSR count). The Kier molecular flexibility index (Phi) is 8.04. The maximum absolute atomic E-state index is 12.3. The average molecular weight is 477 g/mol. The van der Waals surface area contributed by atoms with Gasteiger partial charge in [-0.15, -0.1) is 0 Å². The van der Waals surface area contributed by atoms with E-state index in [0.29, 0.717) is 23.7 Å². The van der Waals surface area contributed by atoms with Crippen molar-refractivity contribution in [2.75, 3.05) is 13.2 Å². The van der Waals surface area contributed by atoms with Crippen molar-refractivity contribution in [1.82, 2.24) is 10.0 Å². The highest BCUT2D eigenvalue weighted by Gasteiger charge is 2.16. The molecule has 0 saturated heterocycles. The molecule has 168 valence electrons. The van der Waals surface area contributed by atoms with Gasteiger partial charge in [-0.05, 0) is 60.5 Å². The molecule has 1 heterocycles. The number of furan rings is 1. The van der Waals surface area contributed by atoms with Gasteiger partial charge < -0.3 is 14.5 Å². The number of amides is 1. The smallest absolute Gasteiger partial charge is 0.338 e. The van der Waals surface area contributed by atoms with Crippen LogP contribution in [0.2, 0.25) is 5.02 Å². The van der Waals surface area contributed by atoms with Gasteiger partial charge in [0.2, 0.25) is 10.0 Å². The number of benzene rings is 2. The van der Waals surface area contributed by atoms with Gasteiger partial charge in [-0.2, -0.15) is 0 Å². The molecule has 8 nitrogen and oxygen atoms in total. The van der Waals surface area contributed by atoms with Crippen LogP contribution >= 0.6 is 11.6 Å². The fourth-order valence-corrected chi connectivity index (χ4v) is 3.81. The number of sulfonamides is 1. The molecule has 3 aromatic rings. The van der Waals surface area contributed by atoms with Crippen molar-refractivity contribution in [2.24, 2.45) is 0 Å². The largest absolute Gasteiger partial charge is 0.468 e. The van der Waals surface area contributed by atoms with E-state index in [4.69, 9.17) is 20.8 Å². The third kappa shape index (κ3) is 6.94. The molecule has 1 aromatic heterocycles. The lowest BCUT2D eigenvalue weighted by molar-refractivity contribution is -0.124. The molecule has 1 amide bonds. The third-order valence-electron chi connectivity index (χ3n) is 4.40. The third-order valence-corrected chi connectivity index (χ3v) is 6.07. The van der Waals surface area contributed by atoms with Gasteiger partial charge >= 0.3 is 5.97 Å². The molecule has 0 fully saturated rings. The molecule has 32 heavy (non-hydrogen) atoms. The Morgan fingerprint density at radius 1 is 1.00 bits per heavy atom. The van der Waals surface area contributed by atoms with Crippen LogP contribution in [-0.4, -0.2) is 33.4 Å². The van der Waals surface area contributed by atoms with Gasteiger partial charge in [-0.25, -0.2) is 17.9 Å². The molecule has 0 atom stereocenters. The number of rotatable bonds is 10. The van der Waals surface area contributed by atoms with E-state index in [2.05, 4.69) is 10.0 Å². The summed E-state index contributed by atoms with van der Waals surface area (Å²) in [4.78, 5) is 24.0. The van der Waals surface area contributed by atoms with Crippen molar-refractivity contribution in [3.8, 4) is 0 Å². The monoisotopic (exact) mass is 476 g/mol. The van der Waals surface area contributed by atoms with Crippen LogP contribution in [0, 0.1) is 0 Å². The molecule has 2 N–H and O–H groups in total. The first-order chi connectivity index (χ1) is 15.3. The number of carbonyl (C=O) groups excluding carboxylic acids is 2. The number of carbonyl (C=O) groups is 2. The second-order valence-electron chi connectivity index (χ2n) is 6.73. The van der Waals surface area contributed by atoms with E-state index >= 15 is 0 Å². The highest BCUT2D eigenvalue weighted by atomic mass is 35.5. The normalized spacial score (nSPS) is 11.2. The molecule has 0 saturated carbocycles. The van der Waals surface area contributed by atoms with E-state index in [0.717, 1.165) is 5.56 Å². The summed E-state index contributed by atoms with van der Waals surface area (Å²) in [7, 11) is -3.77. The summed E-state index contributed by atoms with van der Waals surface area (Å²) in [6.07, 6.45) is 2.06. The summed E-state index contributed by atoms with van der Waals surface area (Å²) in [5, 5.41) is 3.30. The van der Waals surface area contributed by atoms with Gasteiger partial charge in [0.05, 0.1) is 23.3 Å². The summed E-state index contributed by atoms with van der Waals surface area (Å²) in [5.74, 6) is -0.695. The van der Waals surface area contributed by atoms with Crippen LogP contribution in [0.1, 0.15) is 21.7 Å². The predicted octanol–water partition coefficient (Wildman–Crippen LogP) is 2.93. The second-order valence-corrected chi connectivity index (χ2v) is 8.93. The van der Waals surface area contributed by atoms with Crippen LogP contribution in [0.4, 0.5) is 0 Å². The number of esters is 1. The minimum atomic E-state index is -3.77. The number of nitrogens with one attached hydrogen (secondary N) is 2. The van der Waals surface area contributed by atoms with Gasteiger partial charge in [0, 0.05) is 11.6 Å². The predicted molar refractivity (Wildman–Crippen MR) is 118 cm³/mol. The zero-order valence-electron chi connectivity index (χ0n) is 16.9. The van der Waals surface area contributed by atoms with E-state index in [1.54, 1.807) is 24.3 Å². The van der Waals surface area contributed by atoms with Gasteiger partial charge in [0.25, 0.3) is 5.91 Å². The van der Waals surface area contributed by atoms with Gasteiger partial charge in [0.15, 0.2) is 6.61 Å². The number of ether oxygens (including phenoxy) is 1. The van der Waals surface area contributed by atoms with Crippen LogP contribution in [0.5, 0.6) is 0 Å². The average Bonchev–Trinajstić information content (AvgIpc) is 3.31. The lowest BCUT2D eigenvalue weighted by Crippen LogP contribution is -2.30. The molecule has 0 bridgehead atoms. The zero-order chi connectivity index (χ0) is 23.0. The zero-order valence-corrected chi connectivity index (χ0v) is 18.5. The van der Waals surface area contributed by atoms with Crippen molar-refractivity contribution < 1.29 is 27.2 Å². The Balaban J connectivity index is 1.43. The molecule has 0 spiro atoms. The highest BCUT2D eigenvalue weighted by molar-refractivity contribution is 7.89. The second kappa shape index (κ2) is 10.9. The summed E-state index contributed by atoms with van der Waals surface area (Å²) in [6.45, 7) is -0.0496. The van der Waals surface area contributed by atoms with E-state index in [-0.39, 0.29) is 17.0 Å². The lowest BCUT2D eigenvalue weighted by Gasteiger charge is -2.08. The Hall–Kier alpha value is -3.14. The van der Waals surface area contributed by atoms with Crippen molar-refractivity contribution >= 4 is 33.5 Å². The topological polar surface area (TPSA) is 115 Å². The molecule has 0 aliphatic rings. The van der Waals surface area contributed by atoms with Crippen LogP contribution in [0.25, 0.3) is 0 Å². The minimum Gasteiger partial charge on any atom is -0.468 e. The summed E-state index contributed by atoms with van der Waals surface area (Å²) >= 11 is 5.83. The maximum atomic E-state index is 12.3. The number of halogens is 1. The van der Waals surface area contributed by atoms with Crippen molar-refractivity contribution in [3.63, 3.8) is 0 Å². The molecule has 0 unspecified atom stereocenters. The van der Waals surface area contributed by atoms with Crippen molar-refractivity contribution in [1.29, 1.82) is 0 Å². The number of hydrogen-bond donors (Lipinski definition) is 2. The molecular formula is C22H21ClN2O6S. The van der Waals surface area contributed by atoms with E-state index in [1.165, 1.54) is 30.5 Å². The molecular weight excluding hydrogens is 456 g/mol. The fraction of sp³-hybridized carbons (Fsp3) is 0.182. The van der Waals surface area contributed by atoms with E-state index < -0.39 is 28.5 Å². The Labute approximate surface area is 190 Å². The molecule has 10 heteroatoms. The molecule has 2 aromatic carbocycles.